The molecule has 0 amide bonds. The van der Waals surface area contributed by atoms with Crippen molar-refractivity contribution in [1.82, 2.24) is 0 Å². The normalized spacial score (nSPS) is 10.2. The van der Waals surface area contributed by atoms with Crippen LogP contribution >= 0.6 is 15.9 Å². The van der Waals surface area contributed by atoms with Crippen molar-refractivity contribution in [2.24, 2.45) is 0 Å². The first kappa shape index (κ1) is 9.79. The van der Waals surface area contributed by atoms with E-state index < -0.39 is 0 Å². The van der Waals surface area contributed by atoms with Crippen molar-refractivity contribution in [3.8, 4) is 0 Å². The predicted octanol–water partition coefficient (Wildman–Crippen LogP) is 3.97. The van der Waals surface area contributed by atoms with E-state index in [9.17, 15) is 0 Å². The van der Waals surface area contributed by atoms with Crippen LogP contribution in [0.1, 0.15) is 30.9 Å². The molecule has 0 aliphatic carbocycles. The Hall–Kier alpha value is -0.300. The quantitative estimate of drug-likeness (QED) is 0.731. The molecule has 1 heteroatoms. The van der Waals surface area contributed by atoms with E-state index in [1.165, 1.54) is 24.8 Å². The van der Waals surface area contributed by atoms with Gasteiger partial charge in [-0.05, 0) is 43.0 Å². The molecular weight excluding hydrogens is 212 g/mol. The van der Waals surface area contributed by atoms with E-state index in [0.29, 0.717) is 0 Å². The van der Waals surface area contributed by atoms with Gasteiger partial charge in [-0.15, -0.1) is 0 Å². The van der Waals surface area contributed by atoms with Crippen LogP contribution in [0.4, 0.5) is 0 Å². The summed E-state index contributed by atoms with van der Waals surface area (Å²) in [5, 5.41) is 0. The minimum Gasteiger partial charge on any atom is -0.0654 e. The summed E-state index contributed by atoms with van der Waals surface area (Å²) in [6.45, 7) is 6.13. The smallest absolute Gasteiger partial charge is 0.0180 e. The predicted molar refractivity (Wildman–Crippen MR) is 57.2 cm³/mol. The minimum absolute atomic E-state index is 1.09. The van der Waals surface area contributed by atoms with Crippen molar-refractivity contribution in [3.05, 3.63) is 40.7 Å². The number of aryl methyl sites for hydroxylation is 1. The first-order valence-corrected chi connectivity index (χ1v) is 5.13. The van der Waals surface area contributed by atoms with E-state index in [-0.39, 0.29) is 0 Å². The fourth-order valence-corrected chi connectivity index (χ4v) is 1.83. The molecule has 0 saturated heterocycles. The van der Waals surface area contributed by atoms with Gasteiger partial charge in [0.1, 0.15) is 0 Å². The molecule has 0 fully saturated rings. The maximum Gasteiger partial charge on any atom is 0.0180 e. The van der Waals surface area contributed by atoms with Crippen molar-refractivity contribution in [2.75, 3.05) is 0 Å². The summed E-state index contributed by atoms with van der Waals surface area (Å²) in [7, 11) is 0. The highest BCUT2D eigenvalue weighted by molar-refractivity contribution is 9.10. The lowest BCUT2D eigenvalue weighted by molar-refractivity contribution is 0.794. The van der Waals surface area contributed by atoms with Crippen molar-refractivity contribution < 1.29 is 0 Å². The fourth-order valence-electron chi connectivity index (χ4n) is 1.24. The molecule has 0 atom stereocenters. The Morgan fingerprint density at radius 2 is 2.08 bits per heavy atom. The molecule has 65 valence electrons. The van der Waals surface area contributed by atoms with Crippen LogP contribution in [0, 0.1) is 6.92 Å². The number of hydrogen-bond donors (Lipinski definition) is 0. The molecule has 0 aliphatic rings. The lowest BCUT2D eigenvalue weighted by atomic mass is 10.1. The highest BCUT2D eigenvalue weighted by atomic mass is 79.9. The maximum atomic E-state index is 3.92. The first-order valence-electron chi connectivity index (χ1n) is 4.34. The summed E-state index contributed by atoms with van der Waals surface area (Å²) in [5.41, 5.74) is 2.48. The van der Waals surface area contributed by atoms with Crippen LogP contribution < -0.4 is 0 Å². The van der Waals surface area contributed by atoms with Crippen molar-refractivity contribution in [3.63, 3.8) is 0 Å². The molecule has 1 radical (unpaired) electrons. The van der Waals surface area contributed by atoms with Gasteiger partial charge in [-0.2, -0.15) is 0 Å². The van der Waals surface area contributed by atoms with Crippen molar-refractivity contribution >= 4 is 15.9 Å². The Morgan fingerprint density at radius 1 is 1.33 bits per heavy atom. The van der Waals surface area contributed by atoms with Crippen LogP contribution in [-0.2, 0) is 6.42 Å². The zero-order valence-electron chi connectivity index (χ0n) is 7.44. The van der Waals surface area contributed by atoms with E-state index in [4.69, 9.17) is 0 Å². The third-order valence-corrected chi connectivity index (χ3v) is 2.29. The lowest BCUT2D eigenvalue weighted by Gasteiger charge is -2.02. The number of unbranched alkanes of at least 4 members (excludes halogenated alkanes) is 1. The van der Waals surface area contributed by atoms with Gasteiger partial charge >= 0.3 is 0 Å². The zero-order chi connectivity index (χ0) is 8.97. The summed E-state index contributed by atoms with van der Waals surface area (Å²) in [4.78, 5) is 0. The van der Waals surface area contributed by atoms with Crippen LogP contribution in [-0.4, -0.2) is 0 Å². The van der Waals surface area contributed by atoms with Crippen LogP contribution in [0.25, 0.3) is 0 Å². The van der Waals surface area contributed by atoms with Crippen molar-refractivity contribution in [2.45, 2.75) is 26.2 Å². The number of rotatable bonds is 3. The van der Waals surface area contributed by atoms with Gasteiger partial charge in [0.05, 0.1) is 0 Å². The van der Waals surface area contributed by atoms with E-state index in [1.807, 2.05) is 6.07 Å². The van der Waals surface area contributed by atoms with Gasteiger partial charge in [-0.25, -0.2) is 0 Å². The Balaban J connectivity index is 2.72. The molecule has 0 N–H and O–H groups in total. The van der Waals surface area contributed by atoms with Crippen molar-refractivity contribution in [1.29, 1.82) is 0 Å². The van der Waals surface area contributed by atoms with Gasteiger partial charge in [0.15, 0.2) is 0 Å². The Kier molecular flexibility index (Phi) is 3.80. The van der Waals surface area contributed by atoms with Crippen LogP contribution in [0.15, 0.2) is 22.7 Å². The molecule has 1 aromatic rings. The van der Waals surface area contributed by atoms with E-state index >= 15 is 0 Å². The molecule has 0 bridgehead atoms. The molecule has 1 aromatic carbocycles. The zero-order valence-corrected chi connectivity index (χ0v) is 9.02. The summed E-state index contributed by atoms with van der Waals surface area (Å²) < 4.78 is 1.14. The largest absolute Gasteiger partial charge is 0.0654 e. The van der Waals surface area contributed by atoms with Gasteiger partial charge in [0.25, 0.3) is 0 Å². The SMILES string of the molecule is [CH2]c1cc(Br)cc(CCCC)c1. The number of hydrogen-bond acceptors (Lipinski definition) is 0. The van der Waals surface area contributed by atoms with E-state index in [1.54, 1.807) is 0 Å². The fraction of sp³-hybridized carbons (Fsp3) is 0.364. The summed E-state index contributed by atoms with van der Waals surface area (Å²) >= 11 is 3.46. The van der Waals surface area contributed by atoms with Gasteiger partial charge < -0.3 is 0 Å². The van der Waals surface area contributed by atoms with E-state index in [0.717, 1.165) is 10.0 Å². The summed E-state index contributed by atoms with van der Waals surface area (Å²) in [6, 6.07) is 6.36. The second kappa shape index (κ2) is 4.66. The Labute approximate surface area is 83.1 Å². The van der Waals surface area contributed by atoms with Gasteiger partial charge in [0.2, 0.25) is 0 Å². The minimum atomic E-state index is 1.09. The highest BCUT2D eigenvalue weighted by Gasteiger charge is 1.95. The molecule has 0 heterocycles. The van der Waals surface area contributed by atoms with Crippen LogP contribution in [0.2, 0.25) is 0 Å². The molecular formula is C11H14Br. The molecule has 0 spiro atoms. The lowest BCUT2D eigenvalue weighted by Crippen LogP contribution is -1.85. The summed E-state index contributed by atoms with van der Waals surface area (Å²) in [5.74, 6) is 0. The monoisotopic (exact) mass is 225 g/mol. The average Bonchev–Trinajstić information content (AvgIpc) is 1.99. The molecule has 0 nitrogen and oxygen atoms in total. The average molecular weight is 226 g/mol. The maximum absolute atomic E-state index is 3.92. The molecule has 0 aromatic heterocycles. The van der Waals surface area contributed by atoms with E-state index in [2.05, 4.69) is 41.9 Å². The topological polar surface area (TPSA) is 0 Å². The standard InChI is InChI=1S/C11H14Br/c1-3-4-5-10-6-9(2)7-11(12)8-10/h6-8H,2-5H2,1H3. The van der Waals surface area contributed by atoms with Gasteiger partial charge in [0, 0.05) is 4.47 Å². The molecule has 1 rings (SSSR count). The molecule has 12 heavy (non-hydrogen) atoms. The first-order chi connectivity index (χ1) is 5.72. The second-order valence-electron chi connectivity index (χ2n) is 3.07. The Morgan fingerprint density at radius 3 is 2.67 bits per heavy atom. The Bertz CT molecular complexity index is 233. The van der Waals surface area contributed by atoms with Crippen LogP contribution in [0.3, 0.4) is 0 Å². The van der Waals surface area contributed by atoms with Gasteiger partial charge in [-0.3, -0.25) is 0 Å². The van der Waals surface area contributed by atoms with Crippen LogP contribution in [0.5, 0.6) is 0 Å². The third-order valence-electron chi connectivity index (χ3n) is 1.84. The molecule has 0 aliphatic heterocycles. The number of halogens is 1. The molecule has 0 saturated carbocycles. The van der Waals surface area contributed by atoms with Gasteiger partial charge in [-0.1, -0.05) is 35.3 Å². The summed E-state index contributed by atoms with van der Waals surface area (Å²) in [6.07, 6.45) is 3.67. The molecule has 0 unspecified atom stereocenters. The number of benzene rings is 1. The highest BCUT2D eigenvalue weighted by Crippen LogP contribution is 2.16. The third kappa shape index (κ3) is 2.98. The second-order valence-corrected chi connectivity index (χ2v) is 3.99.